The van der Waals surface area contributed by atoms with Gasteiger partial charge in [0.25, 0.3) is 6.43 Å². The van der Waals surface area contributed by atoms with Gasteiger partial charge >= 0.3 is 6.18 Å². The van der Waals surface area contributed by atoms with E-state index < -0.39 is 40.7 Å². The molecule has 0 bridgehead atoms. The molecule has 0 spiro atoms. The van der Waals surface area contributed by atoms with Crippen LogP contribution in [0.4, 0.5) is 22.0 Å². The zero-order chi connectivity index (χ0) is 12.5. The van der Waals surface area contributed by atoms with Crippen molar-refractivity contribution in [3.8, 4) is 0 Å². The van der Waals surface area contributed by atoms with Crippen molar-refractivity contribution in [3.63, 3.8) is 0 Å². The average Bonchev–Trinajstić information content (AvgIpc) is 2.14. The minimum Gasteiger partial charge on any atom is -0.359 e. The number of hydrogen-bond acceptors (Lipinski definition) is 1. The molecule has 90 valence electrons. The van der Waals surface area contributed by atoms with Crippen LogP contribution in [0.3, 0.4) is 0 Å². The van der Waals surface area contributed by atoms with Crippen LogP contribution in [0.25, 0.3) is 0 Å². The maximum atomic E-state index is 12.3. The normalized spacial score (nSPS) is 12.2. The fourth-order valence-electron chi connectivity index (χ4n) is 1.13. The summed E-state index contributed by atoms with van der Waals surface area (Å²) in [6.07, 6.45) is -7.75. The van der Waals surface area contributed by atoms with Gasteiger partial charge in [0, 0.05) is 11.8 Å². The molecule has 1 heterocycles. The maximum Gasteiger partial charge on any atom is 0.421 e. The molecule has 0 aliphatic rings. The van der Waals surface area contributed by atoms with Crippen molar-refractivity contribution in [2.75, 3.05) is 0 Å². The van der Waals surface area contributed by atoms with E-state index in [0.29, 0.717) is 0 Å². The van der Waals surface area contributed by atoms with Crippen LogP contribution >= 0.6 is 11.6 Å². The monoisotopic (exact) mass is 261 g/mol. The first-order chi connectivity index (χ1) is 7.29. The summed E-state index contributed by atoms with van der Waals surface area (Å²) in [5, 5.41) is 0. The van der Waals surface area contributed by atoms with E-state index in [9.17, 15) is 26.7 Å². The SMILES string of the molecule is O=c1c(C(F)(F)F)c[nH]c(C(F)F)c1CCl. The summed E-state index contributed by atoms with van der Waals surface area (Å²) in [5.41, 5.74) is -4.69. The number of rotatable bonds is 2. The highest BCUT2D eigenvalue weighted by Gasteiger charge is 2.35. The summed E-state index contributed by atoms with van der Waals surface area (Å²) in [5.74, 6) is -0.709. The van der Waals surface area contributed by atoms with Crippen LogP contribution in [0.1, 0.15) is 23.2 Å². The third kappa shape index (κ3) is 2.34. The van der Waals surface area contributed by atoms with Crippen molar-refractivity contribution in [3.05, 3.63) is 33.2 Å². The molecule has 8 heteroatoms. The Morgan fingerprint density at radius 3 is 2.31 bits per heavy atom. The van der Waals surface area contributed by atoms with Gasteiger partial charge in [-0.25, -0.2) is 8.78 Å². The lowest BCUT2D eigenvalue weighted by molar-refractivity contribution is -0.138. The molecule has 0 aliphatic carbocycles. The van der Waals surface area contributed by atoms with E-state index in [1.165, 1.54) is 0 Å². The molecular formula is C8H5ClF5NO. The average molecular weight is 262 g/mol. The van der Waals surface area contributed by atoms with Gasteiger partial charge in [0.05, 0.1) is 11.6 Å². The zero-order valence-electron chi connectivity index (χ0n) is 7.54. The van der Waals surface area contributed by atoms with Crippen LogP contribution in [-0.4, -0.2) is 4.98 Å². The molecule has 1 rings (SSSR count). The van der Waals surface area contributed by atoms with Crippen molar-refractivity contribution in [2.24, 2.45) is 0 Å². The molecule has 0 radical (unpaired) electrons. The minimum absolute atomic E-state index is 0.222. The third-order valence-corrected chi connectivity index (χ3v) is 2.14. The quantitative estimate of drug-likeness (QED) is 0.644. The zero-order valence-corrected chi connectivity index (χ0v) is 8.29. The number of H-pyrrole nitrogens is 1. The molecule has 1 aromatic heterocycles. The Morgan fingerprint density at radius 1 is 1.38 bits per heavy atom. The molecule has 0 saturated carbocycles. The molecule has 0 amide bonds. The van der Waals surface area contributed by atoms with Crippen molar-refractivity contribution >= 4 is 11.6 Å². The highest BCUT2D eigenvalue weighted by atomic mass is 35.5. The highest BCUT2D eigenvalue weighted by molar-refractivity contribution is 6.17. The minimum atomic E-state index is -4.89. The summed E-state index contributed by atoms with van der Waals surface area (Å²) < 4.78 is 61.4. The standard InChI is InChI=1S/C8H5ClF5NO/c9-1-3-5(7(10)11)15-2-4(6(3)16)8(12,13)14/h2,7H,1H2,(H,15,16). The third-order valence-electron chi connectivity index (χ3n) is 1.87. The molecule has 1 aromatic rings. The molecule has 2 nitrogen and oxygen atoms in total. The van der Waals surface area contributed by atoms with Crippen LogP contribution in [-0.2, 0) is 12.1 Å². The summed E-state index contributed by atoms with van der Waals surface area (Å²) >= 11 is 5.18. The molecule has 1 N–H and O–H groups in total. The Kier molecular flexibility index (Phi) is 3.57. The van der Waals surface area contributed by atoms with E-state index >= 15 is 0 Å². The van der Waals surface area contributed by atoms with E-state index in [1.54, 1.807) is 4.98 Å². The van der Waals surface area contributed by atoms with Crippen molar-refractivity contribution in [2.45, 2.75) is 18.5 Å². The Hall–Kier alpha value is -1.11. The molecule has 0 unspecified atom stereocenters. The lowest BCUT2D eigenvalue weighted by Gasteiger charge is -2.10. The van der Waals surface area contributed by atoms with Gasteiger partial charge < -0.3 is 4.98 Å². The number of pyridine rings is 1. The number of aromatic amines is 1. The number of aromatic nitrogens is 1. The van der Waals surface area contributed by atoms with E-state index in [0.717, 1.165) is 0 Å². The number of alkyl halides is 6. The van der Waals surface area contributed by atoms with E-state index in [4.69, 9.17) is 11.6 Å². The Bertz CT molecular complexity index is 439. The summed E-state index contributed by atoms with van der Waals surface area (Å²) in [7, 11) is 0. The maximum absolute atomic E-state index is 12.3. The first-order valence-electron chi connectivity index (χ1n) is 3.94. The lowest BCUT2D eigenvalue weighted by Crippen LogP contribution is -2.24. The van der Waals surface area contributed by atoms with Gasteiger partial charge in [0.2, 0.25) is 0 Å². The molecule has 0 aliphatic heterocycles. The molecule has 0 saturated heterocycles. The first-order valence-corrected chi connectivity index (χ1v) is 4.48. The summed E-state index contributed by atoms with van der Waals surface area (Å²) in [6, 6.07) is 0. The molecule has 0 atom stereocenters. The molecular weight excluding hydrogens is 257 g/mol. The number of halogens is 6. The number of hydrogen-bond donors (Lipinski definition) is 1. The summed E-state index contributed by atoms with van der Waals surface area (Å²) in [6.45, 7) is 0. The van der Waals surface area contributed by atoms with Crippen molar-refractivity contribution in [1.29, 1.82) is 0 Å². The van der Waals surface area contributed by atoms with Gasteiger partial charge in [0.1, 0.15) is 5.56 Å². The summed E-state index contributed by atoms with van der Waals surface area (Å²) in [4.78, 5) is 13.0. The fraction of sp³-hybridized carbons (Fsp3) is 0.375. The van der Waals surface area contributed by atoms with Gasteiger partial charge in [0.15, 0.2) is 5.43 Å². The largest absolute Gasteiger partial charge is 0.421 e. The van der Waals surface area contributed by atoms with E-state index in [1.807, 2.05) is 0 Å². The van der Waals surface area contributed by atoms with Gasteiger partial charge in [-0.1, -0.05) is 0 Å². The van der Waals surface area contributed by atoms with E-state index in [2.05, 4.69) is 0 Å². The highest BCUT2D eigenvalue weighted by Crippen LogP contribution is 2.28. The van der Waals surface area contributed by atoms with Gasteiger partial charge in [-0.15, -0.1) is 11.6 Å². The van der Waals surface area contributed by atoms with Gasteiger partial charge in [-0.3, -0.25) is 4.79 Å². The fourth-order valence-corrected chi connectivity index (χ4v) is 1.39. The Morgan fingerprint density at radius 2 is 1.94 bits per heavy atom. The second kappa shape index (κ2) is 4.40. The van der Waals surface area contributed by atoms with Crippen LogP contribution in [0.15, 0.2) is 11.0 Å². The topological polar surface area (TPSA) is 32.9 Å². The number of nitrogens with one attached hydrogen (secondary N) is 1. The Balaban J connectivity index is 3.47. The van der Waals surface area contributed by atoms with E-state index in [-0.39, 0.29) is 6.20 Å². The van der Waals surface area contributed by atoms with Crippen LogP contribution in [0, 0.1) is 0 Å². The second-order valence-electron chi connectivity index (χ2n) is 2.86. The second-order valence-corrected chi connectivity index (χ2v) is 3.12. The lowest BCUT2D eigenvalue weighted by atomic mass is 10.1. The Labute approximate surface area is 91.0 Å². The van der Waals surface area contributed by atoms with Crippen LogP contribution in [0.2, 0.25) is 0 Å². The first kappa shape index (κ1) is 13.0. The molecule has 0 aromatic carbocycles. The van der Waals surface area contributed by atoms with Crippen LogP contribution < -0.4 is 5.43 Å². The van der Waals surface area contributed by atoms with Gasteiger partial charge in [-0.2, -0.15) is 13.2 Å². The van der Waals surface area contributed by atoms with Crippen LogP contribution in [0.5, 0.6) is 0 Å². The van der Waals surface area contributed by atoms with Crippen molar-refractivity contribution in [1.82, 2.24) is 4.98 Å². The predicted octanol–water partition coefficient (Wildman–Crippen LogP) is 3.07. The predicted molar refractivity (Wildman–Crippen MR) is 46.6 cm³/mol. The van der Waals surface area contributed by atoms with Crippen molar-refractivity contribution < 1.29 is 22.0 Å². The smallest absolute Gasteiger partial charge is 0.359 e. The molecule has 16 heavy (non-hydrogen) atoms. The van der Waals surface area contributed by atoms with Gasteiger partial charge in [-0.05, 0) is 0 Å². The molecule has 0 fully saturated rings.